The molecule has 0 spiro atoms. The molecule has 0 saturated carbocycles. The first-order chi connectivity index (χ1) is 8.86. The number of carbonyl (C=O) groups excluding carboxylic acids is 1. The van der Waals surface area contributed by atoms with Crippen molar-refractivity contribution in [1.82, 2.24) is 0 Å². The lowest BCUT2D eigenvalue weighted by molar-refractivity contribution is -0.124. The van der Waals surface area contributed by atoms with Gasteiger partial charge in [-0.2, -0.15) is 0 Å². The summed E-state index contributed by atoms with van der Waals surface area (Å²) in [6.45, 7) is 5.94. The molecule has 0 bridgehead atoms. The van der Waals surface area contributed by atoms with E-state index in [0.717, 1.165) is 0 Å². The van der Waals surface area contributed by atoms with Gasteiger partial charge in [0.15, 0.2) is 0 Å². The number of hydrogen-bond donors (Lipinski definition) is 1. The predicted octanol–water partition coefficient (Wildman–Crippen LogP) is 2.88. The minimum Gasteiger partial charge on any atom is -0.392 e. The Balaban J connectivity index is 3.13. The second kappa shape index (κ2) is 6.10. The van der Waals surface area contributed by atoms with E-state index in [4.69, 9.17) is 18.0 Å². The Labute approximate surface area is 118 Å². The van der Waals surface area contributed by atoms with Gasteiger partial charge in [0.2, 0.25) is 5.91 Å². The van der Waals surface area contributed by atoms with Gasteiger partial charge in [-0.25, -0.2) is 4.39 Å². The second-order valence-electron chi connectivity index (χ2n) is 4.58. The van der Waals surface area contributed by atoms with Crippen LogP contribution < -0.4 is 10.6 Å². The van der Waals surface area contributed by atoms with Gasteiger partial charge < -0.3 is 10.6 Å². The van der Waals surface area contributed by atoms with E-state index < -0.39 is 5.41 Å². The van der Waals surface area contributed by atoms with Crippen LogP contribution in [0.5, 0.6) is 0 Å². The van der Waals surface area contributed by atoms with Crippen LogP contribution in [0.1, 0.15) is 27.2 Å². The monoisotopic (exact) mass is 282 g/mol. The summed E-state index contributed by atoms with van der Waals surface area (Å²) in [6, 6.07) is 5.81. The Bertz CT molecular complexity index is 475. The van der Waals surface area contributed by atoms with E-state index in [1.807, 2.05) is 13.8 Å². The van der Waals surface area contributed by atoms with E-state index in [2.05, 4.69) is 0 Å². The molecule has 1 amide bonds. The quantitative estimate of drug-likeness (QED) is 0.845. The van der Waals surface area contributed by atoms with Crippen molar-refractivity contribution < 1.29 is 9.18 Å². The zero-order valence-corrected chi connectivity index (χ0v) is 12.3. The van der Waals surface area contributed by atoms with Gasteiger partial charge in [-0.15, -0.1) is 0 Å². The summed E-state index contributed by atoms with van der Waals surface area (Å²) in [5, 5.41) is 0. The van der Waals surface area contributed by atoms with Crippen molar-refractivity contribution in [1.29, 1.82) is 0 Å². The summed E-state index contributed by atoms with van der Waals surface area (Å²) in [6.07, 6.45) is 0.527. The lowest BCUT2D eigenvalue weighted by Gasteiger charge is -2.32. The molecular weight excluding hydrogens is 263 g/mol. The van der Waals surface area contributed by atoms with Crippen LogP contribution in [-0.2, 0) is 4.79 Å². The molecule has 1 atom stereocenters. The molecule has 0 saturated heterocycles. The molecule has 2 N–H and O–H groups in total. The fraction of sp³-hybridized carbons (Fsp3) is 0.429. The third-order valence-electron chi connectivity index (χ3n) is 3.42. The largest absolute Gasteiger partial charge is 0.392 e. The Morgan fingerprint density at radius 1 is 1.37 bits per heavy atom. The number of benzene rings is 1. The van der Waals surface area contributed by atoms with Crippen LogP contribution in [0.15, 0.2) is 24.3 Å². The van der Waals surface area contributed by atoms with E-state index in [1.165, 1.54) is 12.1 Å². The van der Waals surface area contributed by atoms with E-state index in [9.17, 15) is 9.18 Å². The fourth-order valence-corrected chi connectivity index (χ4v) is 2.02. The molecular formula is C14H19FN2OS. The molecule has 5 heteroatoms. The van der Waals surface area contributed by atoms with Crippen LogP contribution in [-0.4, -0.2) is 17.4 Å². The fourth-order valence-electron chi connectivity index (χ4n) is 1.79. The molecule has 1 aromatic carbocycles. The van der Waals surface area contributed by atoms with Gasteiger partial charge >= 0.3 is 0 Å². The molecule has 19 heavy (non-hydrogen) atoms. The van der Waals surface area contributed by atoms with Crippen LogP contribution in [0.4, 0.5) is 10.1 Å². The number of nitrogens with zero attached hydrogens (tertiary/aromatic N) is 1. The van der Waals surface area contributed by atoms with Crippen LogP contribution in [0.25, 0.3) is 0 Å². The van der Waals surface area contributed by atoms with Gasteiger partial charge in [-0.05, 0) is 44.5 Å². The van der Waals surface area contributed by atoms with Crippen molar-refractivity contribution >= 4 is 28.8 Å². The molecule has 0 aliphatic carbocycles. The van der Waals surface area contributed by atoms with Crippen LogP contribution in [0, 0.1) is 11.2 Å². The van der Waals surface area contributed by atoms with Gasteiger partial charge in [-0.3, -0.25) is 4.79 Å². The first-order valence-electron chi connectivity index (χ1n) is 6.24. The molecule has 0 heterocycles. The zero-order valence-electron chi connectivity index (χ0n) is 11.4. The summed E-state index contributed by atoms with van der Waals surface area (Å²) in [7, 11) is 0. The number of hydrogen-bond acceptors (Lipinski definition) is 2. The molecule has 0 radical (unpaired) electrons. The van der Waals surface area contributed by atoms with Crippen LogP contribution >= 0.6 is 12.2 Å². The molecule has 3 nitrogen and oxygen atoms in total. The van der Waals surface area contributed by atoms with Crippen molar-refractivity contribution in [3.63, 3.8) is 0 Å². The topological polar surface area (TPSA) is 46.3 Å². The third kappa shape index (κ3) is 3.10. The van der Waals surface area contributed by atoms with Gasteiger partial charge in [0.25, 0.3) is 0 Å². The lowest BCUT2D eigenvalue weighted by Crippen LogP contribution is -2.48. The molecule has 1 rings (SSSR count). The minimum absolute atomic E-state index is 0.156. The van der Waals surface area contributed by atoms with Crippen molar-refractivity contribution in [2.75, 3.05) is 11.4 Å². The molecule has 0 aromatic heterocycles. The summed E-state index contributed by atoms with van der Waals surface area (Å²) >= 11 is 5.01. The lowest BCUT2D eigenvalue weighted by atomic mass is 9.85. The molecule has 0 aliphatic heterocycles. The second-order valence-corrected chi connectivity index (χ2v) is 5.02. The molecule has 0 aliphatic rings. The number of halogens is 1. The number of nitrogens with two attached hydrogens (primary N) is 1. The highest BCUT2D eigenvalue weighted by Crippen LogP contribution is 2.28. The van der Waals surface area contributed by atoms with E-state index >= 15 is 0 Å². The van der Waals surface area contributed by atoms with E-state index in [1.54, 1.807) is 24.0 Å². The Morgan fingerprint density at radius 3 is 2.26 bits per heavy atom. The zero-order chi connectivity index (χ0) is 14.6. The Morgan fingerprint density at radius 2 is 1.89 bits per heavy atom. The van der Waals surface area contributed by atoms with E-state index in [0.29, 0.717) is 18.7 Å². The first kappa shape index (κ1) is 15.6. The normalized spacial score (nSPS) is 13.7. The summed E-state index contributed by atoms with van der Waals surface area (Å²) in [5.74, 6) is -0.489. The molecule has 1 aromatic rings. The maximum absolute atomic E-state index is 12.9. The van der Waals surface area contributed by atoms with Crippen molar-refractivity contribution in [3.8, 4) is 0 Å². The maximum Gasteiger partial charge on any atom is 0.239 e. The summed E-state index contributed by atoms with van der Waals surface area (Å²) in [4.78, 5) is 14.4. The first-order valence-corrected chi connectivity index (χ1v) is 6.65. The Hall–Kier alpha value is -1.49. The average molecular weight is 282 g/mol. The number of carbonyl (C=O) groups is 1. The SMILES string of the molecule is CCN(C(=O)C(C)(CC)C(N)=S)c1ccc(F)cc1. The minimum atomic E-state index is -0.875. The average Bonchev–Trinajstić information content (AvgIpc) is 2.40. The van der Waals surface area contributed by atoms with Crippen LogP contribution in [0.3, 0.4) is 0 Å². The Kier molecular flexibility index (Phi) is 5.00. The van der Waals surface area contributed by atoms with Gasteiger partial charge in [0, 0.05) is 12.2 Å². The number of anilines is 1. The standard InChI is InChI=1S/C14H19FN2OS/c1-4-14(3,12(16)19)13(18)17(5-2)11-8-6-10(15)7-9-11/h6-9H,4-5H2,1-3H3,(H2,16,19). The van der Waals surface area contributed by atoms with Crippen molar-refractivity contribution in [3.05, 3.63) is 30.1 Å². The maximum atomic E-state index is 12.9. The number of thiocarbonyl (C=S) groups is 1. The number of rotatable bonds is 5. The summed E-state index contributed by atoms with van der Waals surface area (Å²) < 4.78 is 12.9. The van der Waals surface area contributed by atoms with Gasteiger partial charge in [-0.1, -0.05) is 19.1 Å². The highest BCUT2D eigenvalue weighted by Gasteiger charge is 2.38. The highest BCUT2D eigenvalue weighted by molar-refractivity contribution is 7.80. The summed E-state index contributed by atoms with van der Waals surface area (Å²) in [5.41, 5.74) is 5.47. The van der Waals surface area contributed by atoms with Crippen molar-refractivity contribution in [2.45, 2.75) is 27.2 Å². The smallest absolute Gasteiger partial charge is 0.239 e. The van der Waals surface area contributed by atoms with Gasteiger partial charge in [0.1, 0.15) is 5.82 Å². The molecule has 1 unspecified atom stereocenters. The van der Waals surface area contributed by atoms with Crippen LogP contribution in [0.2, 0.25) is 0 Å². The number of amides is 1. The molecule has 0 fully saturated rings. The molecule has 104 valence electrons. The van der Waals surface area contributed by atoms with Gasteiger partial charge in [0.05, 0.1) is 10.4 Å². The highest BCUT2D eigenvalue weighted by atomic mass is 32.1. The van der Waals surface area contributed by atoms with Crippen molar-refractivity contribution in [2.24, 2.45) is 11.1 Å². The third-order valence-corrected chi connectivity index (χ3v) is 3.87. The van der Waals surface area contributed by atoms with E-state index in [-0.39, 0.29) is 16.7 Å². The predicted molar refractivity (Wildman–Crippen MR) is 79.6 cm³/mol.